The Kier molecular flexibility index (Phi) is 5.02. The van der Waals surface area contributed by atoms with Gasteiger partial charge in [0.05, 0.1) is 6.54 Å². The second-order valence-electron chi connectivity index (χ2n) is 6.44. The molecule has 0 atom stereocenters. The highest BCUT2D eigenvalue weighted by Gasteiger charge is 2.12. The largest absolute Gasteiger partial charge is 0.440 e. The molecule has 0 aliphatic carbocycles. The maximum Gasteiger partial charge on any atom is 0.251 e. The predicted molar refractivity (Wildman–Crippen MR) is 100 cm³/mol. The van der Waals surface area contributed by atoms with Crippen LogP contribution < -0.4 is 10.6 Å². The third-order valence-corrected chi connectivity index (χ3v) is 3.98. The van der Waals surface area contributed by atoms with Crippen LogP contribution in [0.2, 0.25) is 0 Å². The van der Waals surface area contributed by atoms with E-state index in [9.17, 15) is 9.59 Å². The Morgan fingerprint density at radius 1 is 1.15 bits per heavy atom. The van der Waals surface area contributed by atoms with E-state index in [4.69, 9.17) is 4.42 Å². The third kappa shape index (κ3) is 3.91. The summed E-state index contributed by atoms with van der Waals surface area (Å²) in [7, 11) is 0. The molecule has 0 saturated carbocycles. The van der Waals surface area contributed by atoms with Crippen LogP contribution in [0.3, 0.4) is 0 Å². The van der Waals surface area contributed by atoms with Crippen molar-refractivity contribution in [3.8, 4) is 0 Å². The van der Waals surface area contributed by atoms with Crippen molar-refractivity contribution in [2.45, 2.75) is 26.7 Å². The van der Waals surface area contributed by atoms with Crippen molar-refractivity contribution in [1.29, 1.82) is 0 Å². The fraction of sp³-hybridized carbons (Fsp3) is 0.250. The summed E-state index contributed by atoms with van der Waals surface area (Å²) < 4.78 is 5.65. The monoisotopic (exact) mass is 351 g/mol. The molecule has 3 aromatic rings. The van der Waals surface area contributed by atoms with E-state index in [0.29, 0.717) is 28.2 Å². The summed E-state index contributed by atoms with van der Waals surface area (Å²) in [6, 6.07) is 12.5. The highest BCUT2D eigenvalue weighted by atomic mass is 16.3. The number of carbonyl (C=O) groups excluding carboxylic acids is 2. The molecular weight excluding hydrogens is 330 g/mol. The zero-order valence-corrected chi connectivity index (χ0v) is 15.0. The zero-order chi connectivity index (χ0) is 18.7. The van der Waals surface area contributed by atoms with Crippen molar-refractivity contribution in [2.24, 2.45) is 0 Å². The average Bonchev–Trinajstić information content (AvgIpc) is 3.04. The number of oxazole rings is 1. The number of benzene rings is 2. The maximum atomic E-state index is 12.2. The number of aromatic nitrogens is 1. The number of fused-ring (bicyclic) bond motifs is 1. The van der Waals surface area contributed by atoms with E-state index in [0.717, 1.165) is 5.56 Å². The molecule has 6 heteroatoms. The first-order valence-corrected chi connectivity index (χ1v) is 8.48. The van der Waals surface area contributed by atoms with E-state index >= 15 is 0 Å². The number of aryl methyl sites for hydroxylation is 1. The summed E-state index contributed by atoms with van der Waals surface area (Å²) in [6.45, 7) is 5.75. The van der Waals surface area contributed by atoms with Crippen LogP contribution >= 0.6 is 0 Å². The molecule has 0 aliphatic heterocycles. The highest BCUT2D eigenvalue weighted by molar-refractivity contribution is 6.00. The summed E-state index contributed by atoms with van der Waals surface area (Å²) in [5.74, 6) is 0.275. The minimum absolute atomic E-state index is 0.110. The highest BCUT2D eigenvalue weighted by Crippen LogP contribution is 2.23. The van der Waals surface area contributed by atoms with Crippen LogP contribution in [-0.4, -0.2) is 23.3 Å². The number of hydrogen-bond acceptors (Lipinski definition) is 4. The number of hydrogen-bond donors (Lipinski definition) is 2. The van der Waals surface area contributed by atoms with Gasteiger partial charge in [-0.3, -0.25) is 9.59 Å². The van der Waals surface area contributed by atoms with Gasteiger partial charge in [0.1, 0.15) is 5.52 Å². The maximum absolute atomic E-state index is 12.2. The molecule has 2 N–H and O–H groups in total. The first kappa shape index (κ1) is 17.7. The Balaban J connectivity index is 1.62. The van der Waals surface area contributed by atoms with E-state index in [1.165, 1.54) is 0 Å². The van der Waals surface area contributed by atoms with E-state index in [-0.39, 0.29) is 24.3 Å². The van der Waals surface area contributed by atoms with Crippen molar-refractivity contribution in [2.75, 3.05) is 11.9 Å². The molecule has 1 aromatic heterocycles. The van der Waals surface area contributed by atoms with Crippen LogP contribution in [0, 0.1) is 6.92 Å². The number of carbonyl (C=O) groups is 2. The summed E-state index contributed by atoms with van der Waals surface area (Å²) >= 11 is 0. The molecule has 0 aliphatic rings. The SMILES string of the molecule is Cc1ccccc1C(=O)NCC(=O)Nc1ccc2oc(C(C)C)nc2c1. The van der Waals surface area contributed by atoms with E-state index in [1.54, 1.807) is 30.3 Å². The molecule has 0 radical (unpaired) electrons. The molecule has 26 heavy (non-hydrogen) atoms. The fourth-order valence-electron chi connectivity index (χ4n) is 2.56. The molecule has 134 valence electrons. The number of nitrogens with one attached hydrogen (secondary N) is 2. The summed E-state index contributed by atoms with van der Waals surface area (Å²) in [6.07, 6.45) is 0. The van der Waals surface area contributed by atoms with Crippen LogP contribution in [-0.2, 0) is 4.79 Å². The molecule has 1 heterocycles. The Morgan fingerprint density at radius 3 is 2.65 bits per heavy atom. The van der Waals surface area contributed by atoms with Gasteiger partial charge < -0.3 is 15.1 Å². The Labute approximate surface area is 151 Å². The molecule has 0 fully saturated rings. The smallest absolute Gasteiger partial charge is 0.251 e. The lowest BCUT2D eigenvalue weighted by atomic mass is 10.1. The van der Waals surface area contributed by atoms with Gasteiger partial charge in [0.2, 0.25) is 5.91 Å². The quantitative estimate of drug-likeness (QED) is 0.735. The molecule has 0 spiro atoms. The van der Waals surface area contributed by atoms with Crippen LogP contribution in [0.4, 0.5) is 5.69 Å². The Hall–Kier alpha value is -3.15. The summed E-state index contributed by atoms with van der Waals surface area (Å²) in [5.41, 5.74) is 3.40. The molecule has 3 rings (SSSR count). The van der Waals surface area contributed by atoms with Gasteiger partial charge in [-0.2, -0.15) is 0 Å². The average molecular weight is 351 g/mol. The van der Waals surface area contributed by atoms with Gasteiger partial charge in [-0.25, -0.2) is 4.98 Å². The molecular formula is C20H21N3O3. The summed E-state index contributed by atoms with van der Waals surface area (Å²) in [4.78, 5) is 28.7. The first-order valence-electron chi connectivity index (χ1n) is 8.48. The molecule has 0 saturated heterocycles. The van der Waals surface area contributed by atoms with Crippen molar-refractivity contribution < 1.29 is 14.0 Å². The number of nitrogens with zero attached hydrogens (tertiary/aromatic N) is 1. The van der Waals surface area contributed by atoms with Gasteiger partial charge in [-0.05, 0) is 36.8 Å². The lowest BCUT2D eigenvalue weighted by molar-refractivity contribution is -0.115. The van der Waals surface area contributed by atoms with Crippen LogP contribution in [0.25, 0.3) is 11.1 Å². The van der Waals surface area contributed by atoms with Gasteiger partial charge in [0, 0.05) is 17.2 Å². The second-order valence-corrected chi connectivity index (χ2v) is 6.44. The number of rotatable bonds is 5. The van der Waals surface area contributed by atoms with Gasteiger partial charge in [0.25, 0.3) is 5.91 Å². The normalized spacial score (nSPS) is 10.9. The minimum Gasteiger partial charge on any atom is -0.440 e. The van der Waals surface area contributed by atoms with Crippen molar-refractivity contribution in [3.63, 3.8) is 0 Å². The van der Waals surface area contributed by atoms with Crippen molar-refractivity contribution in [3.05, 3.63) is 59.5 Å². The van der Waals surface area contributed by atoms with Gasteiger partial charge >= 0.3 is 0 Å². The van der Waals surface area contributed by atoms with Crippen LogP contribution in [0.5, 0.6) is 0 Å². The lowest BCUT2D eigenvalue weighted by Crippen LogP contribution is -2.33. The van der Waals surface area contributed by atoms with Gasteiger partial charge in [-0.15, -0.1) is 0 Å². The number of amides is 2. The van der Waals surface area contributed by atoms with Gasteiger partial charge in [-0.1, -0.05) is 32.0 Å². The lowest BCUT2D eigenvalue weighted by Gasteiger charge is -2.08. The van der Waals surface area contributed by atoms with Crippen LogP contribution in [0.15, 0.2) is 46.9 Å². The predicted octanol–water partition coefficient (Wildman–Crippen LogP) is 3.63. The molecule has 0 bridgehead atoms. The molecule has 0 unspecified atom stereocenters. The standard InChI is InChI=1S/C20H21N3O3/c1-12(2)20-23-16-10-14(8-9-17(16)26-20)22-18(24)11-21-19(25)15-7-5-4-6-13(15)3/h4-10,12H,11H2,1-3H3,(H,21,25)(H,22,24). The number of anilines is 1. The van der Waals surface area contributed by atoms with E-state index in [2.05, 4.69) is 15.6 Å². The van der Waals surface area contributed by atoms with Crippen LogP contribution in [0.1, 0.15) is 41.6 Å². The first-order chi connectivity index (χ1) is 12.4. The third-order valence-electron chi connectivity index (χ3n) is 3.98. The van der Waals surface area contributed by atoms with Crippen molar-refractivity contribution >= 4 is 28.6 Å². The van der Waals surface area contributed by atoms with E-state index < -0.39 is 0 Å². The zero-order valence-electron chi connectivity index (χ0n) is 15.0. The Morgan fingerprint density at radius 2 is 1.92 bits per heavy atom. The fourth-order valence-corrected chi connectivity index (χ4v) is 2.56. The van der Waals surface area contributed by atoms with E-state index in [1.807, 2.05) is 32.9 Å². The van der Waals surface area contributed by atoms with Gasteiger partial charge in [0.15, 0.2) is 11.5 Å². The second kappa shape index (κ2) is 7.39. The Bertz CT molecular complexity index is 960. The molecule has 2 aromatic carbocycles. The molecule has 2 amide bonds. The topological polar surface area (TPSA) is 84.2 Å². The molecule has 6 nitrogen and oxygen atoms in total. The van der Waals surface area contributed by atoms with Crippen molar-refractivity contribution in [1.82, 2.24) is 10.3 Å². The summed E-state index contributed by atoms with van der Waals surface area (Å²) in [5, 5.41) is 5.39. The minimum atomic E-state index is -0.307.